The maximum absolute atomic E-state index is 12.2. The van der Waals surface area contributed by atoms with E-state index in [4.69, 9.17) is 4.42 Å². The van der Waals surface area contributed by atoms with Crippen LogP contribution in [0.1, 0.15) is 10.6 Å². The Balaban J connectivity index is 1.26. The topological polar surface area (TPSA) is 84.2 Å². The standard InChI is InChI=1S/C20H15N3O3S3/c24-18(23-20-22-15(11-29-20)17-4-2-10-27-17)12-28-14-7-5-13(6-8-14)21-19(25)16-3-1-9-26-16/h1-11H,12H2,(H,21,25)(H,22,23,24). The van der Waals surface area contributed by atoms with E-state index < -0.39 is 0 Å². The molecule has 4 aromatic rings. The van der Waals surface area contributed by atoms with Crippen LogP contribution in [0.4, 0.5) is 10.8 Å². The molecule has 0 aliphatic heterocycles. The van der Waals surface area contributed by atoms with Crippen LogP contribution in [0.3, 0.4) is 0 Å². The number of nitrogens with zero attached hydrogens (tertiary/aromatic N) is 1. The second-order valence-corrected chi connectivity index (χ2v) is 8.66. The molecule has 0 bridgehead atoms. The highest BCUT2D eigenvalue weighted by Crippen LogP contribution is 2.28. The molecule has 29 heavy (non-hydrogen) atoms. The summed E-state index contributed by atoms with van der Waals surface area (Å²) in [6.07, 6.45) is 1.45. The largest absolute Gasteiger partial charge is 0.459 e. The van der Waals surface area contributed by atoms with Crippen LogP contribution in [0.2, 0.25) is 0 Å². The number of amides is 2. The number of thiazole rings is 1. The van der Waals surface area contributed by atoms with Gasteiger partial charge in [-0.05, 0) is 47.8 Å². The molecule has 0 unspecified atom stereocenters. The van der Waals surface area contributed by atoms with E-state index in [1.54, 1.807) is 35.6 Å². The van der Waals surface area contributed by atoms with Crippen molar-refractivity contribution in [3.05, 3.63) is 71.3 Å². The molecule has 0 atom stereocenters. The average Bonchev–Trinajstić information content (AvgIpc) is 3.49. The third kappa shape index (κ3) is 5.14. The van der Waals surface area contributed by atoms with E-state index in [0.29, 0.717) is 10.8 Å². The summed E-state index contributed by atoms with van der Waals surface area (Å²) in [7, 11) is 0. The zero-order valence-corrected chi connectivity index (χ0v) is 17.4. The summed E-state index contributed by atoms with van der Waals surface area (Å²) < 4.78 is 5.06. The molecule has 0 aliphatic carbocycles. The second-order valence-electron chi connectivity index (χ2n) is 5.81. The molecule has 3 heterocycles. The molecule has 2 amide bonds. The zero-order chi connectivity index (χ0) is 20.1. The van der Waals surface area contributed by atoms with Gasteiger partial charge in [-0.15, -0.1) is 34.4 Å². The summed E-state index contributed by atoms with van der Waals surface area (Å²) in [6.45, 7) is 0. The Kier molecular flexibility index (Phi) is 6.09. The Morgan fingerprint density at radius 1 is 1.03 bits per heavy atom. The lowest BCUT2D eigenvalue weighted by molar-refractivity contribution is -0.113. The highest BCUT2D eigenvalue weighted by molar-refractivity contribution is 8.00. The van der Waals surface area contributed by atoms with Crippen molar-refractivity contribution in [2.45, 2.75) is 4.90 Å². The summed E-state index contributed by atoms with van der Waals surface area (Å²) in [5, 5.41) is 10.1. The average molecular weight is 442 g/mol. The smallest absolute Gasteiger partial charge is 0.291 e. The number of thiophene rings is 1. The van der Waals surface area contributed by atoms with Crippen molar-refractivity contribution >= 4 is 57.1 Å². The fourth-order valence-electron chi connectivity index (χ4n) is 2.41. The molecule has 4 rings (SSSR count). The molecule has 0 radical (unpaired) electrons. The molecule has 3 aromatic heterocycles. The Bertz CT molecular complexity index is 1090. The maximum atomic E-state index is 12.2. The van der Waals surface area contributed by atoms with Crippen LogP contribution in [-0.4, -0.2) is 22.6 Å². The van der Waals surface area contributed by atoms with Crippen molar-refractivity contribution in [3.63, 3.8) is 0 Å². The van der Waals surface area contributed by atoms with E-state index in [-0.39, 0.29) is 23.3 Å². The third-order valence-corrected chi connectivity index (χ3v) is 6.41. The number of carbonyl (C=O) groups excluding carboxylic acids is 2. The van der Waals surface area contributed by atoms with Gasteiger partial charge in [0.1, 0.15) is 0 Å². The van der Waals surface area contributed by atoms with Crippen LogP contribution < -0.4 is 10.6 Å². The SMILES string of the molecule is O=C(CSc1ccc(NC(=O)c2ccco2)cc1)Nc1nc(-c2cccs2)cs1. The van der Waals surface area contributed by atoms with Crippen LogP contribution in [0, 0.1) is 0 Å². The highest BCUT2D eigenvalue weighted by Gasteiger charge is 2.10. The normalized spacial score (nSPS) is 10.6. The molecule has 1 aromatic carbocycles. The van der Waals surface area contributed by atoms with E-state index in [0.717, 1.165) is 15.5 Å². The predicted octanol–water partition coefficient (Wildman–Crippen LogP) is 5.45. The first kappa shape index (κ1) is 19.4. The van der Waals surface area contributed by atoms with Gasteiger partial charge in [-0.3, -0.25) is 9.59 Å². The van der Waals surface area contributed by atoms with Crippen molar-refractivity contribution in [1.82, 2.24) is 4.98 Å². The van der Waals surface area contributed by atoms with Crippen LogP contribution in [0.15, 0.2) is 74.9 Å². The van der Waals surface area contributed by atoms with Crippen molar-refractivity contribution in [2.75, 3.05) is 16.4 Å². The van der Waals surface area contributed by atoms with Gasteiger partial charge in [0.05, 0.1) is 22.6 Å². The second kappa shape index (κ2) is 9.08. The van der Waals surface area contributed by atoms with E-state index >= 15 is 0 Å². The van der Waals surface area contributed by atoms with Gasteiger partial charge in [-0.2, -0.15) is 0 Å². The van der Waals surface area contributed by atoms with Crippen LogP contribution in [0.5, 0.6) is 0 Å². The summed E-state index contributed by atoms with van der Waals surface area (Å²) in [6, 6.07) is 14.5. The highest BCUT2D eigenvalue weighted by atomic mass is 32.2. The number of rotatable bonds is 7. The minimum absolute atomic E-state index is 0.114. The number of anilines is 2. The Labute approximate surface area is 179 Å². The molecule has 0 fully saturated rings. The van der Waals surface area contributed by atoms with Gasteiger partial charge >= 0.3 is 0 Å². The van der Waals surface area contributed by atoms with Gasteiger partial charge in [0, 0.05) is 16.0 Å². The first-order chi connectivity index (χ1) is 14.2. The van der Waals surface area contributed by atoms with Gasteiger partial charge in [-0.25, -0.2) is 4.98 Å². The summed E-state index contributed by atoms with van der Waals surface area (Å²) >= 11 is 4.44. The molecule has 0 spiro atoms. The van der Waals surface area contributed by atoms with Gasteiger partial charge in [0.25, 0.3) is 5.91 Å². The van der Waals surface area contributed by atoms with E-state index in [1.165, 1.54) is 29.4 Å². The molecular formula is C20H15N3O3S3. The Morgan fingerprint density at radius 3 is 2.62 bits per heavy atom. The van der Waals surface area contributed by atoms with Crippen molar-refractivity contribution < 1.29 is 14.0 Å². The van der Waals surface area contributed by atoms with Gasteiger partial charge in [0.2, 0.25) is 5.91 Å². The third-order valence-electron chi connectivity index (χ3n) is 3.75. The van der Waals surface area contributed by atoms with Crippen LogP contribution in [0.25, 0.3) is 10.6 Å². The summed E-state index contributed by atoms with van der Waals surface area (Å²) in [5.74, 6) is 0.105. The summed E-state index contributed by atoms with van der Waals surface area (Å²) in [4.78, 5) is 30.6. The first-order valence-corrected chi connectivity index (χ1v) is 11.3. The number of hydrogen-bond acceptors (Lipinski definition) is 7. The van der Waals surface area contributed by atoms with Crippen molar-refractivity contribution in [1.29, 1.82) is 0 Å². The molecule has 0 saturated heterocycles. The number of hydrogen-bond donors (Lipinski definition) is 2. The molecular weight excluding hydrogens is 426 g/mol. The monoisotopic (exact) mass is 441 g/mol. The minimum atomic E-state index is -0.305. The number of aromatic nitrogens is 1. The van der Waals surface area contributed by atoms with E-state index in [1.807, 2.05) is 35.0 Å². The van der Waals surface area contributed by atoms with Crippen molar-refractivity contribution in [3.8, 4) is 10.6 Å². The lowest BCUT2D eigenvalue weighted by Gasteiger charge is -2.05. The van der Waals surface area contributed by atoms with E-state index in [9.17, 15) is 9.59 Å². The minimum Gasteiger partial charge on any atom is -0.459 e. The van der Waals surface area contributed by atoms with Crippen molar-refractivity contribution in [2.24, 2.45) is 0 Å². The number of benzene rings is 1. The lowest BCUT2D eigenvalue weighted by atomic mass is 10.3. The molecule has 2 N–H and O–H groups in total. The Hall–Kier alpha value is -2.88. The predicted molar refractivity (Wildman–Crippen MR) is 118 cm³/mol. The lowest BCUT2D eigenvalue weighted by Crippen LogP contribution is -2.13. The van der Waals surface area contributed by atoms with Crippen LogP contribution >= 0.6 is 34.4 Å². The molecule has 0 saturated carbocycles. The molecule has 0 aliphatic rings. The fourth-order valence-corrected chi connectivity index (χ4v) is 4.59. The van der Waals surface area contributed by atoms with Gasteiger partial charge < -0.3 is 15.1 Å². The molecule has 9 heteroatoms. The zero-order valence-electron chi connectivity index (χ0n) is 15.0. The number of thioether (sulfide) groups is 1. The number of carbonyl (C=O) groups is 2. The number of nitrogens with one attached hydrogen (secondary N) is 2. The molecule has 146 valence electrons. The first-order valence-electron chi connectivity index (χ1n) is 8.54. The number of furan rings is 1. The quantitative estimate of drug-likeness (QED) is 0.373. The molecule has 6 nitrogen and oxygen atoms in total. The van der Waals surface area contributed by atoms with Gasteiger partial charge in [0.15, 0.2) is 10.9 Å². The van der Waals surface area contributed by atoms with E-state index in [2.05, 4.69) is 15.6 Å². The summed E-state index contributed by atoms with van der Waals surface area (Å²) in [5.41, 5.74) is 1.53. The fraction of sp³-hybridized carbons (Fsp3) is 0.0500. The van der Waals surface area contributed by atoms with Crippen LogP contribution in [-0.2, 0) is 4.79 Å². The Morgan fingerprint density at radius 2 is 1.90 bits per heavy atom. The maximum Gasteiger partial charge on any atom is 0.291 e. The van der Waals surface area contributed by atoms with Gasteiger partial charge in [-0.1, -0.05) is 6.07 Å².